The summed E-state index contributed by atoms with van der Waals surface area (Å²) in [6.07, 6.45) is 7.40. The van der Waals surface area contributed by atoms with Crippen molar-refractivity contribution in [3.8, 4) is 0 Å². The summed E-state index contributed by atoms with van der Waals surface area (Å²) in [5.74, 6) is 1.03. The Kier molecular flexibility index (Phi) is 3.97. The van der Waals surface area contributed by atoms with Crippen LogP contribution in [0.25, 0.3) is 0 Å². The van der Waals surface area contributed by atoms with Crippen molar-refractivity contribution in [2.45, 2.75) is 51.0 Å². The summed E-state index contributed by atoms with van der Waals surface area (Å²) in [7, 11) is 0. The van der Waals surface area contributed by atoms with Crippen molar-refractivity contribution in [1.82, 2.24) is 0 Å². The van der Waals surface area contributed by atoms with Gasteiger partial charge in [-0.1, -0.05) is 49.9 Å². The monoisotopic (exact) mass is 258 g/mol. The molecule has 0 aromatic heterocycles. The van der Waals surface area contributed by atoms with Crippen LogP contribution in [0, 0.1) is 5.92 Å². The molecule has 1 aromatic rings. The summed E-state index contributed by atoms with van der Waals surface area (Å²) in [6, 6.07) is 8.39. The SMILES string of the molecule is O=C(CC1CCCC1)CC1OCCc2ccccc21. The number of fused-ring (bicyclic) bond motifs is 1. The molecule has 1 heterocycles. The predicted octanol–water partition coefficient (Wildman–Crippen LogP) is 3.84. The fourth-order valence-corrected chi connectivity index (χ4v) is 3.47. The van der Waals surface area contributed by atoms with Crippen LogP contribution in [-0.4, -0.2) is 12.4 Å². The highest BCUT2D eigenvalue weighted by molar-refractivity contribution is 5.79. The van der Waals surface area contributed by atoms with Crippen molar-refractivity contribution >= 4 is 5.78 Å². The number of benzene rings is 1. The molecule has 1 fully saturated rings. The first kappa shape index (κ1) is 12.9. The Morgan fingerprint density at radius 2 is 1.95 bits per heavy atom. The van der Waals surface area contributed by atoms with E-state index in [0.29, 0.717) is 18.1 Å². The smallest absolute Gasteiger partial charge is 0.136 e. The maximum absolute atomic E-state index is 12.2. The first-order valence-electron chi connectivity index (χ1n) is 7.54. The molecule has 1 atom stereocenters. The molecule has 3 rings (SSSR count). The molecular formula is C17H22O2. The molecule has 2 nitrogen and oxygen atoms in total. The van der Waals surface area contributed by atoms with Gasteiger partial charge in [0, 0.05) is 12.8 Å². The Morgan fingerprint density at radius 3 is 2.79 bits per heavy atom. The van der Waals surface area contributed by atoms with Gasteiger partial charge in [-0.3, -0.25) is 4.79 Å². The summed E-state index contributed by atoms with van der Waals surface area (Å²) in [4.78, 5) is 12.2. The third-order valence-corrected chi connectivity index (χ3v) is 4.50. The molecule has 1 aliphatic carbocycles. The second-order valence-electron chi connectivity index (χ2n) is 5.91. The van der Waals surface area contributed by atoms with Gasteiger partial charge in [0.05, 0.1) is 12.7 Å². The maximum Gasteiger partial charge on any atom is 0.136 e. The van der Waals surface area contributed by atoms with E-state index in [9.17, 15) is 4.79 Å². The van der Waals surface area contributed by atoms with Gasteiger partial charge >= 0.3 is 0 Å². The van der Waals surface area contributed by atoms with Crippen LogP contribution >= 0.6 is 0 Å². The number of hydrogen-bond acceptors (Lipinski definition) is 2. The highest BCUT2D eigenvalue weighted by atomic mass is 16.5. The lowest BCUT2D eigenvalue weighted by Gasteiger charge is -2.25. The lowest BCUT2D eigenvalue weighted by molar-refractivity contribution is -0.123. The molecule has 0 bridgehead atoms. The van der Waals surface area contributed by atoms with Crippen LogP contribution in [0.2, 0.25) is 0 Å². The summed E-state index contributed by atoms with van der Waals surface area (Å²) < 4.78 is 5.82. The molecule has 0 radical (unpaired) electrons. The lowest BCUT2D eigenvalue weighted by Crippen LogP contribution is -2.19. The Morgan fingerprint density at radius 1 is 1.16 bits per heavy atom. The van der Waals surface area contributed by atoms with Crippen LogP contribution in [0.5, 0.6) is 0 Å². The normalized spacial score (nSPS) is 23.3. The lowest BCUT2D eigenvalue weighted by atomic mass is 9.92. The van der Waals surface area contributed by atoms with Crippen molar-refractivity contribution in [2.24, 2.45) is 5.92 Å². The molecule has 0 amide bonds. The molecule has 1 aliphatic heterocycles. The van der Waals surface area contributed by atoms with Crippen LogP contribution < -0.4 is 0 Å². The minimum Gasteiger partial charge on any atom is -0.373 e. The number of ketones is 1. The van der Waals surface area contributed by atoms with E-state index >= 15 is 0 Å². The Labute approximate surface area is 115 Å². The number of carbonyl (C=O) groups is 1. The standard InChI is InChI=1S/C17H22O2/c18-15(11-13-5-1-2-6-13)12-17-16-8-4-3-7-14(16)9-10-19-17/h3-4,7-8,13,17H,1-2,5-6,9-12H2. The van der Waals surface area contributed by atoms with Crippen LogP contribution in [0.4, 0.5) is 0 Å². The van der Waals surface area contributed by atoms with Gasteiger partial charge in [0.15, 0.2) is 0 Å². The van der Waals surface area contributed by atoms with Crippen LogP contribution in [0.1, 0.15) is 55.8 Å². The molecular weight excluding hydrogens is 236 g/mol. The molecule has 0 spiro atoms. The van der Waals surface area contributed by atoms with Gasteiger partial charge in [0.25, 0.3) is 0 Å². The largest absolute Gasteiger partial charge is 0.373 e. The van der Waals surface area contributed by atoms with Crippen LogP contribution in [-0.2, 0) is 16.0 Å². The third-order valence-electron chi connectivity index (χ3n) is 4.50. The van der Waals surface area contributed by atoms with E-state index in [1.807, 2.05) is 6.07 Å². The second kappa shape index (κ2) is 5.87. The molecule has 2 heteroatoms. The third kappa shape index (κ3) is 3.06. The topological polar surface area (TPSA) is 26.3 Å². The van der Waals surface area contributed by atoms with Gasteiger partial charge in [0.2, 0.25) is 0 Å². The number of hydrogen-bond donors (Lipinski definition) is 0. The van der Waals surface area contributed by atoms with Gasteiger partial charge in [-0.15, -0.1) is 0 Å². The molecule has 19 heavy (non-hydrogen) atoms. The minimum atomic E-state index is -0.00106. The van der Waals surface area contributed by atoms with Crippen molar-refractivity contribution in [3.63, 3.8) is 0 Å². The number of Topliss-reactive ketones (excluding diaryl/α,β-unsaturated/α-hetero) is 1. The number of carbonyl (C=O) groups excluding carboxylic acids is 1. The number of rotatable bonds is 4. The van der Waals surface area contributed by atoms with Crippen LogP contribution in [0.3, 0.4) is 0 Å². The van der Waals surface area contributed by atoms with Crippen molar-refractivity contribution in [2.75, 3.05) is 6.61 Å². The van der Waals surface area contributed by atoms with Gasteiger partial charge in [-0.05, 0) is 23.5 Å². The molecule has 1 aromatic carbocycles. The van der Waals surface area contributed by atoms with Crippen molar-refractivity contribution in [3.05, 3.63) is 35.4 Å². The summed E-state index contributed by atoms with van der Waals surface area (Å²) in [6.45, 7) is 0.748. The minimum absolute atomic E-state index is 0.00106. The molecule has 1 unspecified atom stereocenters. The van der Waals surface area contributed by atoms with E-state index < -0.39 is 0 Å². The zero-order valence-electron chi connectivity index (χ0n) is 11.4. The fourth-order valence-electron chi connectivity index (χ4n) is 3.47. The van der Waals surface area contributed by atoms with E-state index in [1.54, 1.807) is 0 Å². The molecule has 1 saturated carbocycles. The molecule has 102 valence electrons. The van der Waals surface area contributed by atoms with E-state index in [0.717, 1.165) is 19.4 Å². The average Bonchev–Trinajstić information content (AvgIpc) is 2.92. The summed E-state index contributed by atoms with van der Waals surface area (Å²) >= 11 is 0. The van der Waals surface area contributed by atoms with E-state index in [4.69, 9.17) is 4.74 Å². The number of ether oxygens (including phenoxy) is 1. The predicted molar refractivity (Wildman–Crippen MR) is 75.0 cm³/mol. The Hall–Kier alpha value is -1.15. The quantitative estimate of drug-likeness (QED) is 0.820. The molecule has 2 aliphatic rings. The second-order valence-corrected chi connectivity index (χ2v) is 5.91. The van der Waals surface area contributed by atoms with Crippen molar-refractivity contribution < 1.29 is 9.53 Å². The maximum atomic E-state index is 12.2. The highest BCUT2D eigenvalue weighted by Crippen LogP contribution is 2.32. The Balaban J connectivity index is 1.62. The zero-order valence-corrected chi connectivity index (χ0v) is 11.4. The van der Waals surface area contributed by atoms with Gasteiger partial charge < -0.3 is 4.74 Å². The molecule has 0 N–H and O–H groups in total. The first-order chi connectivity index (χ1) is 9.33. The van der Waals surface area contributed by atoms with Gasteiger partial charge in [-0.25, -0.2) is 0 Å². The summed E-state index contributed by atoms with van der Waals surface area (Å²) in [5, 5.41) is 0. The van der Waals surface area contributed by atoms with Crippen molar-refractivity contribution in [1.29, 1.82) is 0 Å². The van der Waals surface area contributed by atoms with E-state index in [1.165, 1.54) is 36.8 Å². The van der Waals surface area contributed by atoms with Gasteiger partial charge in [-0.2, -0.15) is 0 Å². The zero-order chi connectivity index (χ0) is 13.1. The van der Waals surface area contributed by atoms with Crippen LogP contribution in [0.15, 0.2) is 24.3 Å². The molecule has 0 saturated heterocycles. The van der Waals surface area contributed by atoms with E-state index in [-0.39, 0.29) is 6.10 Å². The van der Waals surface area contributed by atoms with Gasteiger partial charge in [0.1, 0.15) is 5.78 Å². The summed E-state index contributed by atoms with van der Waals surface area (Å²) in [5.41, 5.74) is 2.58. The Bertz CT molecular complexity index is 446. The first-order valence-corrected chi connectivity index (χ1v) is 7.54. The fraction of sp³-hybridized carbons (Fsp3) is 0.588. The van der Waals surface area contributed by atoms with E-state index in [2.05, 4.69) is 18.2 Å². The highest BCUT2D eigenvalue weighted by Gasteiger charge is 2.25. The average molecular weight is 258 g/mol.